The molecular formula is C28H28ClN3O6. The van der Waals surface area contributed by atoms with Crippen molar-refractivity contribution in [3.05, 3.63) is 82.4 Å². The van der Waals surface area contributed by atoms with Crippen LogP contribution in [0.25, 0.3) is 0 Å². The summed E-state index contributed by atoms with van der Waals surface area (Å²) in [7, 11) is 0. The first-order chi connectivity index (χ1) is 18.3. The first-order valence-corrected chi connectivity index (χ1v) is 12.3. The van der Waals surface area contributed by atoms with Gasteiger partial charge in [-0.3, -0.25) is 9.59 Å². The molecule has 0 saturated carbocycles. The van der Waals surface area contributed by atoms with Gasteiger partial charge in [-0.15, -0.1) is 0 Å². The highest BCUT2D eigenvalue weighted by Gasteiger charge is 2.15. The SMILES string of the molecule is CCCOc1ccc(C(=O)Oc2ccc(/C=N\NC(=O)C(=O)Nc3ccc(C)c(Cl)c3)cc2OCC)cc1. The largest absolute Gasteiger partial charge is 0.494 e. The minimum Gasteiger partial charge on any atom is -0.494 e. The van der Waals surface area contributed by atoms with E-state index in [1.165, 1.54) is 6.21 Å². The van der Waals surface area contributed by atoms with E-state index >= 15 is 0 Å². The van der Waals surface area contributed by atoms with Gasteiger partial charge in [0.15, 0.2) is 11.5 Å². The maximum Gasteiger partial charge on any atom is 0.343 e. The highest BCUT2D eigenvalue weighted by Crippen LogP contribution is 2.29. The smallest absolute Gasteiger partial charge is 0.343 e. The van der Waals surface area contributed by atoms with Crippen LogP contribution in [0.1, 0.15) is 41.8 Å². The zero-order valence-corrected chi connectivity index (χ0v) is 22.0. The molecular weight excluding hydrogens is 510 g/mol. The van der Waals surface area contributed by atoms with Crippen molar-refractivity contribution in [3.8, 4) is 17.2 Å². The molecule has 3 rings (SSSR count). The van der Waals surface area contributed by atoms with Crippen molar-refractivity contribution >= 4 is 41.3 Å². The van der Waals surface area contributed by atoms with Crippen LogP contribution in [-0.2, 0) is 9.59 Å². The minimum absolute atomic E-state index is 0.223. The molecule has 0 saturated heterocycles. The van der Waals surface area contributed by atoms with Gasteiger partial charge in [0.2, 0.25) is 0 Å². The van der Waals surface area contributed by atoms with E-state index in [1.807, 2.05) is 13.8 Å². The normalized spacial score (nSPS) is 10.6. The van der Waals surface area contributed by atoms with Crippen molar-refractivity contribution in [1.82, 2.24) is 5.43 Å². The molecule has 0 unspecified atom stereocenters. The number of aryl methyl sites for hydroxylation is 1. The monoisotopic (exact) mass is 537 g/mol. The third kappa shape index (κ3) is 8.07. The number of carbonyl (C=O) groups excluding carboxylic acids is 3. The molecule has 0 aliphatic carbocycles. The van der Waals surface area contributed by atoms with E-state index in [0.717, 1.165) is 12.0 Å². The number of nitrogens with one attached hydrogen (secondary N) is 2. The molecule has 198 valence electrons. The number of nitrogens with zero attached hydrogens (tertiary/aromatic N) is 1. The summed E-state index contributed by atoms with van der Waals surface area (Å²) in [6.45, 7) is 6.55. The molecule has 0 heterocycles. The van der Waals surface area contributed by atoms with Gasteiger partial charge in [0.25, 0.3) is 0 Å². The number of benzene rings is 3. The van der Waals surface area contributed by atoms with Crippen molar-refractivity contribution in [2.45, 2.75) is 27.2 Å². The topological polar surface area (TPSA) is 115 Å². The van der Waals surface area contributed by atoms with Crippen molar-refractivity contribution in [3.63, 3.8) is 0 Å². The van der Waals surface area contributed by atoms with E-state index in [4.69, 9.17) is 25.8 Å². The zero-order valence-electron chi connectivity index (χ0n) is 21.2. The maximum absolute atomic E-state index is 12.6. The number of esters is 1. The number of halogens is 1. The van der Waals surface area contributed by atoms with Crippen molar-refractivity contribution in [1.29, 1.82) is 0 Å². The molecule has 0 atom stereocenters. The average molecular weight is 538 g/mol. The molecule has 10 heteroatoms. The minimum atomic E-state index is -0.959. The van der Waals surface area contributed by atoms with Crippen LogP contribution < -0.4 is 25.0 Å². The fraction of sp³-hybridized carbons (Fsp3) is 0.214. The number of carbonyl (C=O) groups is 3. The van der Waals surface area contributed by atoms with E-state index in [1.54, 1.807) is 67.6 Å². The fourth-order valence-electron chi connectivity index (χ4n) is 3.10. The molecule has 2 amide bonds. The quantitative estimate of drug-likeness (QED) is 0.122. The Morgan fingerprint density at radius 3 is 2.37 bits per heavy atom. The summed E-state index contributed by atoms with van der Waals surface area (Å²) in [5.74, 6) is -1.20. The van der Waals surface area contributed by atoms with E-state index in [-0.39, 0.29) is 5.75 Å². The van der Waals surface area contributed by atoms with Gasteiger partial charge in [-0.25, -0.2) is 10.2 Å². The Hall–Kier alpha value is -4.37. The van der Waals surface area contributed by atoms with Gasteiger partial charge >= 0.3 is 17.8 Å². The Labute approximate surface area is 225 Å². The maximum atomic E-state index is 12.6. The average Bonchev–Trinajstić information content (AvgIpc) is 2.91. The molecule has 0 radical (unpaired) electrons. The first kappa shape index (κ1) is 28.2. The molecule has 0 fully saturated rings. The molecule has 0 spiro atoms. The van der Waals surface area contributed by atoms with Crippen LogP contribution in [0.2, 0.25) is 5.02 Å². The summed E-state index contributed by atoms with van der Waals surface area (Å²) in [5, 5.41) is 6.74. The molecule has 0 aliphatic heterocycles. The van der Waals surface area contributed by atoms with Gasteiger partial charge in [0.05, 0.1) is 25.0 Å². The van der Waals surface area contributed by atoms with Crippen LogP contribution in [-0.4, -0.2) is 37.2 Å². The Balaban J connectivity index is 1.61. The lowest BCUT2D eigenvalue weighted by atomic mass is 10.2. The highest BCUT2D eigenvalue weighted by molar-refractivity contribution is 6.39. The Bertz CT molecular complexity index is 1320. The number of hydrogen-bond acceptors (Lipinski definition) is 7. The summed E-state index contributed by atoms with van der Waals surface area (Å²) < 4.78 is 16.7. The molecule has 2 N–H and O–H groups in total. The second kappa shape index (κ2) is 13.8. The van der Waals surface area contributed by atoms with Gasteiger partial charge in [0, 0.05) is 10.7 Å². The highest BCUT2D eigenvalue weighted by atomic mass is 35.5. The summed E-state index contributed by atoms with van der Waals surface area (Å²) >= 11 is 6.04. The summed E-state index contributed by atoms with van der Waals surface area (Å²) in [6, 6.07) is 16.3. The molecule has 3 aromatic rings. The Morgan fingerprint density at radius 1 is 0.921 bits per heavy atom. The van der Waals surface area contributed by atoms with Gasteiger partial charge in [0.1, 0.15) is 5.75 Å². The van der Waals surface area contributed by atoms with Crippen LogP contribution in [0.3, 0.4) is 0 Å². The van der Waals surface area contributed by atoms with Crippen LogP contribution in [0, 0.1) is 6.92 Å². The number of amides is 2. The number of hydrogen-bond donors (Lipinski definition) is 2. The number of hydrazone groups is 1. The fourth-order valence-corrected chi connectivity index (χ4v) is 3.28. The van der Waals surface area contributed by atoms with Gasteiger partial charge in [-0.2, -0.15) is 5.10 Å². The summed E-state index contributed by atoms with van der Waals surface area (Å²) in [4.78, 5) is 36.8. The lowest BCUT2D eigenvalue weighted by molar-refractivity contribution is -0.136. The molecule has 0 aromatic heterocycles. The number of ether oxygens (including phenoxy) is 3. The molecule has 0 aliphatic rings. The molecule has 0 bridgehead atoms. The van der Waals surface area contributed by atoms with Crippen LogP contribution in [0.4, 0.5) is 5.69 Å². The standard InChI is InChI=1S/C28H28ClN3O6/c1-4-14-37-22-11-8-20(9-12-22)28(35)38-24-13-7-19(15-25(24)36-5-2)17-30-32-27(34)26(33)31-21-10-6-18(3)23(29)16-21/h6-13,15-17H,4-5,14H2,1-3H3,(H,31,33)(H,32,34)/b30-17-. The second-order valence-corrected chi connectivity index (χ2v) is 8.43. The van der Waals surface area contributed by atoms with Crippen LogP contribution in [0.5, 0.6) is 17.2 Å². The van der Waals surface area contributed by atoms with Crippen molar-refractivity contribution in [2.75, 3.05) is 18.5 Å². The third-order valence-electron chi connectivity index (χ3n) is 5.05. The lowest BCUT2D eigenvalue weighted by Crippen LogP contribution is -2.32. The van der Waals surface area contributed by atoms with Crippen molar-refractivity contribution in [2.24, 2.45) is 5.10 Å². The Morgan fingerprint density at radius 2 is 1.68 bits per heavy atom. The summed E-state index contributed by atoms with van der Waals surface area (Å²) in [5.41, 5.74) is 4.29. The van der Waals surface area contributed by atoms with E-state index in [9.17, 15) is 14.4 Å². The number of rotatable bonds is 10. The zero-order chi connectivity index (χ0) is 27.5. The third-order valence-corrected chi connectivity index (χ3v) is 5.46. The molecule has 3 aromatic carbocycles. The summed E-state index contributed by atoms with van der Waals surface area (Å²) in [6.07, 6.45) is 2.22. The molecule has 38 heavy (non-hydrogen) atoms. The predicted octanol–water partition coefficient (Wildman–Crippen LogP) is 5.14. The predicted molar refractivity (Wildman–Crippen MR) is 145 cm³/mol. The van der Waals surface area contributed by atoms with E-state index in [2.05, 4.69) is 15.8 Å². The van der Waals surface area contributed by atoms with Crippen LogP contribution in [0.15, 0.2) is 65.8 Å². The Kier molecular flexibility index (Phi) is 10.2. The van der Waals surface area contributed by atoms with Crippen molar-refractivity contribution < 1.29 is 28.6 Å². The van der Waals surface area contributed by atoms with E-state index < -0.39 is 17.8 Å². The van der Waals surface area contributed by atoms with Gasteiger partial charge in [-0.1, -0.05) is 24.6 Å². The second-order valence-electron chi connectivity index (χ2n) is 8.02. The van der Waals surface area contributed by atoms with Gasteiger partial charge in [-0.05, 0) is 86.0 Å². The van der Waals surface area contributed by atoms with E-state index in [0.29, 0.717) is 46.5 Å². The lowest BCUT2D eigenvalue weighted by Gasteiger charge is -2.12. The van der Waals surface area contributed by atoms with Gasteiger partial charge < -0.3 is 19.5 Å². The number of anilines is 1. The van der Waals surface area contributed by atoms with Crippen LogP contribution >= 0.6 is 11.6 Å². The molecule has 9 nitrogen and oxygen atoms in total. The first-order valence-electron chi connectivity index (χ1n) is 11.9.